The summed E-state index contributed by atoms with van der Waals surface area (Å²) in [5.74, 6) is 0.303. The molecule has 3 aromatic carbocycles. The van der Waals surface area contributed by atoms with Gasteiger partial charge in [-0.3, -0.25) is 0 Å². The standard InChI is InChI=1S/C29H39N3O.3BrH/c33-29-16-15-26(23-28(29)32-24-27-13-7-4-8-14-27)18-22-31-20-10-2-1-9-19-30-21-17-25-11-5-3-6-12-25;;;/h3-8,11-16,23,30-33H,1-2,9-10,17-22,24H2;3*1H. The molecule has 200 valence electrons. The third kappa shape index (κ3) is 14.4. The number of phenolic OH excluding ortho intramolecular Hbond substituents is 1. The van der Waals surface area contributed by atoms with Gasteiger partial charge in [-0.1, -0.05) is 79.6 Å². The first-order valence-electron chi connectivity index (χ1n) is 12.4. The molecule has 4 nitrogen and oxygen atoms in total. The van der Waals surface area contributed by atoms with Crippen molar-refractivity contribution < 1.29 is 5.11 Å². The third-order valence-corrected chi connectivity index (χ3v) is 5.87. The van der Waals surface area contributed by atoms with Gasteiger partial charge in [-0.15, -0.1) is 50.9 Å². The molecular formula is C29H42Br3N3O. The van der Waals surface area contributed by atoms with Crippen molar-refractivity contribution in [1.29, 1.82) is 0 Å². The number of benzene rings is 3. The Hall–Kier alpha value is -1.38. The van der Waals surface area contributed by atoms with Gasteiger partial charge in [0.2, 0.25) is 0 Å². The fourth-order valence-electron chi connectivity index (χ4n) is 3.89. The molecule has 0 aliphatic rings. The highest BCUT2D eigenvalue weighted by Gasteiger charge is 2.03. The molecule has 0 bridgehead atoms. The molecule has 0 unspecified atom stereocenters. The summed E-state index contributed by atoms with van der Waals surface area (Å²) in [7, 11) is 0. The Labute approximate surface area is 249 Å². The monoisotopic (exact) mass is 685 g/mol. The minimum Gasteiger partial charge on any atom is -0.506 e. The van der Waals surface area contributed by atoms with Crippen molar-refractivity contribution in [1.82, 2.24) is 10.6 Å². The number of hydrogen-bond acceptors (Lipinski definition) is 4. The fraction of sp³-hybridized carbons (Fsp3) is 0.379. The lowest BCUT2D eigenvalue weighted by Gasteiger charge is -2.11. The van der Waals surface area contributed by atoms with Gasteiger partial charge in [0.25, 0.3) is 0 Å². The molecule has 0 saturated carbocycles. The van der Waals surface area contributed by atoms with E-state index in [9.17, 15) is 5.11 Å². The number of phenols is 1. The quantitative estimate of drug-likeness (QED) is 0.0946. The summed E-state index contributed by atoms with van der Waals surface area (Å²) < 4.78 is 0. The zero-order chi connectivity index (χ0) is 23.0. The molecule has 0 aliphatic heterocycles. The van der Waals surface area contributed by atoms with Crippen molar-refractivity contribution in [2.24, 2.45) is 0 Å². The smallest absolute Gasteiger partial charge is 0.138 e. The molecule has 0 amide bonds. The molecule has 0 saturated heterocycles. The zero-order valence-electron chi connectivity index (χ0n) is 21.0. The van der Waals surface area contributed by atoms with Crippen molar-refractivity contribution in [3.05, 3.63) is 95.6 Å². The number of nitrogens with one attached hydrogen (secondary N) is 3. The molecule has 0 heterocycles. The second-order valence-corrected chi connectivity index (χ2v) is 8.59. The van der Waals surface area contributed by atoms with Gasteiger partial charge in [-0.2, -0.15) is 0 Å². The van der Waals surface area contributed by atoms with Crippen LogP contribution in [0, 0.1) is 0 Å². The summed E-state index contributed by atoms with van der Waals surface area (Å²) in [6.45, 7) is 4.91. The lowest BCUT2D eigenvalue weighted by atomic mass is 10.1. The van der Waals surface area contributed by atoms with E-state index in [2.05, 4.69) is 64.5 Å². The van der Waals surface area contributed by atoms with Crippen LogP contribution in [0.2, 0.25) is 0 Å². The number of aromatic hydroxyl groups is 1. The van der Waals surface area contributed by atoms with Crippen LogP contribution in [0.4, 0.5) is 5.69 Å². The zero-order valence-corrected chi connectivity index (χ0v) is 26.1. The van der Waals surface area contributed by atoms with Crippen LogP contribution in [0.1, 0.15) is 42.4 Å². The summed E-state index contributed by atoms with van der Waals surface area (Å²) in [6.07, 6.45) is 7.11. The first-order valence-corrected chi connectivity index (χ1v) is 12.4. The lowest BCUT2D eigenvalue weighted by molar-refractivity contribution is 0.477. The molecule has 7 heteroatoms. The van der Waals surface area contributed by atoms with Gasteiger partial charge in [0.1, 0.15) is 5.75 Å². The topological polar surface area (TPSA) is 56.3 Å². The minimum absolute atomic E-state index is 0. The summed E-state index contributed by atoms with van der Waals surface area (Å²) in [4.78, 5) is 0. The molecule has 0 aliphatic carbocycles. The van der Waals surface area contributed by atoms with Crippen molar-refractivity contribution in [3.8, 4) is 5.75 Å². The Kier molecular flexibility index (Phi) is 20.9. The molecule has 0 aromatic heterocycles. The van der Waals surface area contributed by atoms with Gasteiger partial charge < -0.3 is 21.1 Å². The van der Waals surface area contributed by atoms with Gasteiger partial charge in [0, 0.05) is 6.54 Å². The number of rotatable bonds is 16. The van der Waals surface area contributed by atoms with Crippen molar-refractivity contribution in [2.45, 2.75) is 45.1 Å². The van der Waals surface area contributed by atoms with Crippen LogP contribution in [0.5, 0.6) is 5.75 Å². The van der Waals surface area contributed by atoms with Crippen molar-refractivity contribution in [2.75, 3.05) is 31.5 Å². The molecular weight excluding hydrogens is 646 g/mol. The van der Waals surface area contributed by atoms with E-state index in [1.807, 2.05) is 24.3 Å². The molecule has 4 N–H and O–H groups in total. The highest BCUT2D eigenvalue weighted by atomic mass is 79.9. The van der Waals surface area contributed by atoms with E-state index in [4.69, 9.17) is 0 Å². The minimum atomic E-state index is 0. The number of unbranched alkanes of at least 4 members (excludes halogenated alkanes) is 3. The predicted octanol–water partition coefficient (Wildman–Crippen LogP) is 7.26. The largest absolute Gasteiger partial charge is 0.506 e. The maximum absolute atomic E-state index is 10.1. The number of anilines is 1. The summed E-state index contributed by atoms with van der Waals surface area (Å²) in [5.41, 5.74) is 4.64. The predicted molar refractivity (Wildman–Crippen MR) is 171 cm³/mol. The molecule has 0 fully saturated rings. The van der Waals surface area contributed by atoms with Crippen LogP contribution in [0.15, 0.2) is 78.9 Å². The van der Waals surface area contributed by atoms with Crippen LogP contribution < -0.4 is 16.0 Å². The van der Waals surface area contributed by atoms with E-state index in [-0.39, 0.29) is 50.9 Å². The second kappa shape index (κ2) is 21.7. The van der Waals surface area contributed by atoms with E-state index in [1.54, 1.807) is 6.07 Å². The van der Waals surface area contributed by atoms with Gasteiger partial charge in [-0.25, -0.2) is 0 Å². The third-order valence-electron chi connectivity index (χ3n) is 5.87. The van der Waals surface area contributed by atoms with E-state index < -0.39 is 0 Å². The molecule has 3 rings (SSSR count). The van der Waals surface area contributed by atoms with E-state index in [1.165, 1.54) is 42.4 Å². The summed E-state index contributed by atoms with van der Waals surface area (Å²) in [5, 5.41) is 20.6. The highest BCUT2D eigenvalue weighted by molar-refractivity contribution is 8.93. The van der Waals surface area contributed by atoms with Gasteiger partial charge >= 0.3 is 0 Å². The normalized spacial score (nSPS) is 10.0. The van der Waals surface area contributed by atoms with Crippen LogP contribution in [-0.4, -0.2) is 31.3 Å². The molecule has 3 aromatic rings. The Morgan fingerprint density at radius 1 is 0.528 bits per heavy atom. The summed E-state index contributed by atoms with van der Waals surface area (Å²) >= 11 is 0. The van der Waals surface area contributed by atoms with Crippen molar-refractivity contribution >= 4 is 56.6 Å². The molecule has 0 atom stereocenters. The average Bonchev–Trinajstić information content (AvgIpc) is 2.86. The first-order chi connectivity index (χ1) is 16.3. The summed E-state index contributed by atoms with van der Waals surface area (Å²) in [6, 6.07) is 26.8. The molecule has 0 spiro atoms. The van der Waals surface area contributed by atoms with Crippen LogP contribution >= 0.6 is 50.9 Å². The first kappa shape index (κ1) is 34.6. The van der Waals surface area contributed by atoms with E-state index >= 15 is 0 Å². The molecule has 0 radical (unpaired) electrons. The SMILES string of the molecule is Br.Br.Br.Oc1ccc(CCNCCCCCCNCCc2ccccc2)cc1NCc1ccccc1. The van der Waals surface area contributed by atoms with E-state index in [0.717, 1.165) is 44.7 Å². The number of halogens is 3. The molecule has 36 heavy (non-hydrogen) atoms. The van der Waals surface area contributed by atoms with Crippen LogP contribution in [0.25, 0.3) is 0 Å². The average molecular weight is 688 g/mol. The van der Waals surface area contributed by atoms with Crippen LogP contribution in [-0.2, 0) is 19.4 Å². The Morgan fingerprint density at radius 2 is 1.06 bits per heavy atom. The maximum atomic E-state index is 10.1. The van der Waals surface area contributed by atoms with E-state index in [0.29, 0.717) is 12.3 Å². The fourth-order valence-corrected chi connectivity index (χ4v) is 3.89. The lowest BCUT2D eigenvalue weighted by Crippen LogP contribution is -2.19. The number of hydrogen-bond donors (Lipinski definition) is 4. The Balaban J connectivity index is 0.00000408. The second-order valence-electron chi connectivity index (χ2n) is 8.59. The van der Waals surface area contributed by atoms with Gasteiger partial charge in [-0.05, 0) is 80.7 Å². The van der Waals surface area contributed by atoms with Crippen LogP contribution in [0.3, 0.4) is 0 Å². The maximum Gasteiger partial charge on any atom is 0.138 e. The Bertz CT molecular complexity index is 914. The Morgan fingerprint density at radius 3 is 1.64 bits per heavy atom. The van der Waals surface area contributed by atoms with Gasteiger partial charge in [0.15, 0.2) is 0 Å². The van der Waals surface area contributed by atoms with Gasteiger partial charge in [0.05, 0.1) is 5.69 Å². The van der Waals surface area contributed by atoms with Crippen molar-refractivity contribution in [3.63, 3.8) is 0 Å². The highest BCUT2D eigenvalue weighted by Crippen LogP contribution is 2.25.